The highest BCUT2D eigenvalue weighted by Gasteiger charge is 2.31. The normalized spacial score (nSPS) is 26.9. The lowest BCUT2D eigenvalue weighted by Gasteiger charge is -2.30. The Bertz CT molecular complexity index is 564. The zero-order valence-corrected chi connectivity index (χ0v) is 15.0. The Labute approximate surface area is 144 Å². The van der Waals surface area contributed by atoms with Crippen molar-refractivity contribution in [3.63, 3.8) is 0 Å². The summed E-state index contributed by atoms with van der Waals surface area (Å²) in [5.41, 5.74) is 2.20. The topological polar surface area (TPSA) is 79.0 Å². The smallest absolute Gasteiger partial charge is 0.407 e. The van der Waals surface area contributed by atoms with Crippen LogP contribution in [0.25, 0.3) is 0 Å². The predicted molar refractivity (Wildman–Crippen MR) is 92.9 cm³/mol. The summed E-state index contributed by atoms with van der Waals surface area (Å²) in [6, 6.07) is 1.00. The van der Waals surface area contributed by atoms with Crippen LogP contribution < -0.4 is 10.6 Å². The number of aryl methyl sites for hydroxylation is 1. The van der Waals surface area contributed by atoms with E-state index in [4.69, 9.17) is 4.74 Å². The average Bonchev–Trinajstić information content (AvgIpc) is 3.12. The average molecular weight is 334 g/mol. The van der Waals surface area contributed by atoms with Crippen LogP contribution in [-0.4, -0.2) is 40.5 Å². The number of nitrogens with zero attached hydrogens (tertiary/aromatic N) is 1. The number of hydrogen-bond donors (Lipinski definition) is 3. The Morgan fingerprint density at radius 2 is 2.21 bits per heavy atom. The maximum absolute atomic E-state index is 11.9. The maximum atomic E-state index is 11.9. The van der Waals surface area contributed by atoms with Crippen LogP contribution in [-0.2, 0) is 17.6 Å². The second kappa shape index (κ2) is 7.13. The summed E-state index contributed by atoms with van der Waals surface area (Å²) in [5.74, 6) is 0.489. The summed E-state index contributed by atoms with van der Waals surface area (Å²) in [6.45, 7) is 6.36. The van der Waals surface area contributed by atoms with Gasteiger partial charge in [0.25, 0.3) is 0 Å². The minimum Gasteiger partial charge on any atom is -0.444 e. The highest BCUT2D eigenvalue weighted by molar-refractivity contribution is 5.67. The van der Waals surface area contributed by atoms with Crippen LogP contribution in [0.5, 0.6) is 0 Å². The SMILES string of the molecule is CC(C)(C)OC(=O)NC[C@@H]1CCC[C@@H]1N[C@@H]1CCc2[nH]ncc2C1. The van der Waals surface area contributed by atoms with E-state index >= 15 is 0 Å². The molecule has 3 N–H and O–H groups in total. The lowest BCUT2D eigenvalue weighted by Crippen LogP contribution is -2.46. The van der Waals surface area contributed by atoms with Crippen LogP contribution in [0.1, 0.15) is 57.7 Å². The Morgan fingerprint density at radius 3 is 3.00 bits per heavy atom. The van der Waals surface area contributed by atoms with Gasteiger partial charge in [-0.3, -0.25) is 5.10 Å². The molecule has 6 heteroatoms. The first kappa shape index (κ1) is 17.3. The van der Waals surface area contributed by atoms with Crippen molar-refractivity contribution in [1.82, 2.24) is 20.8 Å². The molecule has 0 spiro atoms. The van der Waals surface area contributed by atoms with Gasteiger partial charge in [-0.05, 0) is 64.4 Å². The van der Waals surface area contributed by atoms with Crippen molar-refractivity contribution < 1.29 is 9.53 Å². The molecule has 0 saturated heterocycles. The summed E-state index contributed by atoms with van der Waals surface area (Å²) >= 11 is 0. The van der Waals surface area contributed by atoms with Gasteiger partial charge in [0.15, 0.2) is 0 Å². The first-order valence-electron chi connectivity index (χ1n) is 9.15. The second-order valence-corrected chi connectivity index (χ2v) is 8.16. The molecule has 6 nitrogen and oxygen atoms in total. The minimum absolute atomic E-state index is 0.311. The monoisotopic (exact) mass is 334 g/mol. The van der Waals surface area contributed by atoms with Gasteiger partial charge in [0.2, 0.25) is 0 Å². The summed E-state index contributed by atoms with van der Waals surface area (Å²) < 4.78 is 5.33. The molecule has 24 heavy (non-hydrogen) atoms. The van der Waals surface area contributed by atoms with Crippen LogP contribution in [0.15, 0.2) is 6.20 Å². The third-order valence-corrected chi connectivity index (χ3v) is 5.03. The molecule has 3 atom stereocenters. The molecular weight excluding hydrogens is 304 g/mol. The van der Waals surface area contributed by atoms with Crippen molar-refractivity contribution in [2.75, 3.05) is 6.54 Å². The maximum Gasteiger partial charge on any atom is 0.407 e. The molecule has 134 valence electrons. The van der Waals surface area contributed by atoms with Crippen molar-refractivity contribution in [3.8, 4) is 0 Å². The number of ether oxygens (including phenoxy) is 1. The molecule has 1 aromatic heterocycles. The van der Waals surface area contributed by atoms with Crippen LogP contribution in [0.2, 0.25) is 0 Å². The zero-order valence-electron chi connectivity index (χ0n) is 15.0. The van der Waals surface area contributed by atoms with Gasteiger partial charge < -0.3 is 15.4 Å². The highest BCUT2D eigenvalue weighted by Crippen LogP contribution is 2.27. The van der Waals surface area contributed by atoms with Gasteiger partial charge in [0, 0.05) is 24.3 Å². The molecule has 0 aliphatic heterocycles. The first-order chi connectivity index (χ1) is 11.4. The van der Waals surface area contributed by atoms with E-state index in [0.29, 0.717) is 24.5 Å². The number of H-pyrrole nitrogens is 1. The van der Waals surface area contributed by atoms with E-state index in [1.54, 1.807) is 0 Å². The van der Waals surface area contributed by atoms with Gasteiger partial charge in [-0.1, -0.05) is 6.42 Å². The molecule has 3 rings (SSSR count). The summed E-state index contributed by atoms with van der Waals surface area (Å²) in [6.07, 6.45) is 8.50. The zero-order chi connectivity index (χ0) is 17.2. The van der Waals surface area contributed by atoms with Crippen LogP contribution >= 0.6 is 0 Å². The molecule has 1 saturated carbocycles. The fraction of sp³-hybridized carbons (Fsp3) is 0.778. The van der Waals surface area contributed by atoms with Crippen LogP contribution in [0.3, 0.4) is 0 Å². The van der Waals surface area contributed by atoms with E-state index in [1.807, 2.05) is 27.0 Å². The number of hydrogen-bond acceptors (Lipinski definition) is 4. The van der Waals surface area contributed by atoms with E-state index in [0.717, 1.165) is 25.7 Å². The molecule has 1 amide bonds. The van der Waals surface area contributed by atoms with Gasteiger partial charge in [-0.25, -0.2) is 4.79 Å². The molecule has 0 aromatic carbocycles. The second-order valence-electron chi connectivity index (χ2n) is 8.16. The molecular formula is C18H30N4O2. The van der Waals surface area contributed by atoms with Crippen molar-refractivity contribution >= 4 is 6.09 Å². The van der Waals surface area contributed by atoms with Gasteiger partial charge in [-0.15, -0.1) is 0 Å². The molecule has 1 heterocycles. The summed E-state index contributed by atoms with van der Waals surface area (Å²) in [7, 11) is 0. The number of aromatic nitrogens is 2. The number of rotatable bonds is 4. The number of carbonyl (C=O) groups is 1. The molecule has 2 aliphatic rings. The Kier molecular flexibility index (Phi) is 5.13. The van der Waals surface area contributed by atoms with E-state index in [2.05, 4.69) is 20.8 Å². The number of carbonyl (C=O) groups excluding carboxylic acids is 1. The number of alkyl carbamates (subject to hydrolysis) is 1. The molecule has 2 aliphatic carbocycles. The standard InChI is InChI=1S/C18H30N4O2/c1-18(2,3)24-17(23)19-10-12-5-4-6-15(12)21-14-7-8-16-13(9-14)11-20-22-16/h11-12,14-15,21H,4-10H2,1-3H3,(H,19,23)(H,20,22)/t12-,14+,15-/m0/s1. The molecule has 1 fully saturated rings. The van der Waals surface area contributed by atoms with Gasteiger partial charge >= 0.3 is 6.09 Å². The van der Waals surface area contributed by atoms with Crippen molar-refractivity contribution in [3.05, 3.63) is 17.5 Å². The largest absolute Gasteiger partial charge is 0.444 e. The minimum atomic E-state index is -0.443. The number of fused-ring (bicyclic) bond motifs is 1. The van der Waals surface area contributed by atoms with Crippen molar-refractivity contribution in [1.29, 1.82) is 0 Å². The first-order valence-corrected chi connectivity index (χ1v) is 9.15. The van der Waals surface area contributed by atoms with Crippen LogP contribution in [0, 0.1) is 5.92 Å². The summed E-state index contributed by atoms with van der Waals surface area (Å²) in [4.78, 5) is 11.9. The lowest BCUT2D eigenvalue weighted by atomic mass is 9.92. The van der Waals surface area contributed by atoms with Crippen molar-refractivity contribution in [2.45, 2.75) is 77.0 Å². The third-order valence-electron chi connectivity index (χ3n) is 5.03. The van der Waals surface area contributed by atoms with E-state index in [9.17, 15) is 4.79 Å². The number of amides is 1. The highest BCUT2D eigenvalue weighted by atomic mass is 16.6. The fourth-order valence-electron chi connectivity index (χ4n) is 3.89. The Balaban J connectivity index is 1.47. The quantitative estimate of drug-likeness (QED) is 0.791. The van der Waals surface area contributed by atoms with Gasteiger partial charge in [0.1, 0.15) is 5.60 Å². The molecule has 1 aromatic rings. The number of aromatic amines is 1. The van der Waals surface area contributed by atoms with Gasteiger partial charge in [-0.2, -0.15) is 5.10 Å². The van der Waals surface area contributed by atoms with Crippen molar-refractivity contribution in [2.24, 2.45) is 5.92 Å². The molecule has 0 radical (unpaired) electrons. The number of nitrogens with one attached hydrogen (secondary N) is 3. The van der Waals surface area contributed by atoms with E-state index < -0.39 is 5.60 Å². The third kappa shape index (κ3) is 4.50. The lowest BCUT2D eigenvalue weighted by molar-refractivity contribution is 0.0517. The molecule has 0 bridgehead atoms. The molecule has 0 unspecified atom stereocenters. The van der Waals surface area contributed by atoms with E-state index in [1.165, 1.54) is 24.1 Å². The predicted octanol–water partition coefficient (Wildman–Crippen LogP) is 2.55. The van der Waals surface area contributed by atoms with Gasteiger partial charge in [0.05, 0.1) is 6.20 Å². The Morgan fingerprint density at radius 1 is 1.38 bits per heavy atom. The Hall–Kier alpha value is -1.56. The fourth-order valence-corrected chi connectivity index (χ4v) is 3.89. The van der Waals surface area contributed by atoms with Crippen LogP contribution in [0.4, 0.5) is 4.79 Å². The van der Waals surface area contributed by atoms with E-state index in [-0.39, 0.29) is 6.09 Å². The summed E-state index contributed by atoms with van der Waals surface area (Å²) in [5, 5.41) is 14.0.